The number of fused-ring (bicyclic) bond motifs is 1. The van der Waals surface area contributed by atoms with Gasteiger partial charge in [-0.3, -0.25) is 9.78 Å². The SMILES string of the molecule is NC1CCN(C(=O)C2CCc3sc(-c4ccncc4)nc3C2)CC1. The molecule has 0 aromatic carbocycles. The third-order valence-corrected chi connectivity index (χ3v) is 6.27. The molecule has 0 bridgehead atoms. The molecule has 6 heteroatoms. The van der Waals surface area contributed by atoms with Gasteiger partial charge in [0.1, 0.15) is 5.01 Å². The van der Waals surface area contributed by atoms with Crippen LogP contribution in [0.2, 0.25) is 0 Å². The minimum Gasteiger partial charge on any atom is -0.342 e. The van der Waals surface area contributed by atoms with Crippen LogP contribution in [0.1, 0.15) is 29.8 Å². The fraction of sp³-hybridized carbons (Fsp3) is 0.500. The fourth-order valence-corrected chi connectivity index (χ4v) is 4.70. The van der Waals surface area contributed by atoms with Crippen molar-refractivity contribution in [1.82, 2.24) is 14.9 Å². The third kappa shape index (κ3) is 3.08. The zero-order valence-corrected chi connectivity index (χ0v) is 14.5. The molecule has 2 aromatic heterocycles. The summed E-state index contributed by atoms with van der Waals surface area (Å²) < 4.78 is 0. The number of thiazole rings is 1. The van der Waals surface area contributed by atoms with E-state index in [0.717, 1.165) is 61.5 Å². The first-order valence-corrected chi connectivity index (χ1v) is 9.45. The monoisotopic (exact) mass is 342 g/mol. The molecule has 0 radical (unpaired) electrons. The van der Waals surface area contributed by atoms with Crippen molar-refractivity contribution in [2.75, 3.05) is 13.1 Å². The van der Waals surface area contributed by atoms with E-state index in [-0.39, 0.29) is 12.0 Å². The fourth-order valence-electron chi connectivity index (χ4n) is 3.59. The second kappa shape index (κ2) is 6.61. The Morgan fingerprint density at radius 2 is 1.96 bits per heavy atom. The summed E-state index contributed by atoms with van der Waals surface area (Å²) in [5.41, 5.74) is 8.17. The predicted octanol–water partition coefficient (Wildman–Crippen LogP) is 2.26. The number of hydrogen-bond acceptors (Lipinski definition) is 5. The molecule has 2 aromatic rings. The Balaban J connectivity index is 1.48. The molecule has 24 heavy (non-hydrogen) atoms. The Kier molecular flexibility index (Phi) is 4.33. The van der Waals surface area contributed by atoms with Gasteiger partial charge in [0, 0.05) is 54.3 Å². The average molecular weight is 342 g/mol. The Morgan fingerprint density at radius 3 is 2.71 bits per heavy atom. The molecule has 4 rings (SSSR count). The second-order valence-corrected chi connectivity index (χ2v) is 7.81. The molecule has 126 valence electrons. The lowest BCUT2D eigenvalue weighted by Crippen LogP contribution is -2.46. The highest BCUT2D eigenvalue weighted by Crippen LogP contribution is 2.35. The van der Waals surface area contributed by atoms with Crippen molar-refractivity contribution in [3.63, 3.8) is 0 Å². The summed E-state index contributed by atoms with van der Waals surface area (Å²) >= 11 is 1.76. The van der Waals surface area contributed by atoms with E-state index < -0.39 is 0 Å². The number of likely N-dealkylation sites (tertiary alicyclic amines) is 1. The number of carbonyl (C=O) groups is 1. The van der Waals surface area contributed by atoms with Crippen LogP contribution >= 0.6 is 11.3 Å². The predicted molar refractivity (Wildman–Crippen MR) is 94.6 cm³/mol. The van der Waals surface area contributed by atoms with Crippen molar-refractivity contribution in [2.24, 2.45) is 11.7 Å². The highest BCUT2D eigenvalue weighted by molar-refractivity contribution is 7.15. The van der Waals surface area contributed by atoms with E-state index in [1.807, 2.05) is 17.0 Å². The lowest BCUT2D eigenvalue weighted by molar-refractivity contribution is -0.137. The molecule has 2 aliphatic rings. The summed E-state index contributed by atoms with van der Waals surface area (Å²) in [7, 11) is 0. The van der Waals surface area contributed by atoms with E-state index >= 15 is 0 Å². The summed E-state index contributed by atoms with van der Waals surface area (Å²) in [4.78, 5) is 25.0. The van der Waals surface area contributed by atoms with Crippen LogP contribution in [0, 0.1) is 5.92 Å². The van der Waals surface area contributed by atoms with Crippen LogP contribution in [-0.4, -0.2) is 39.9 Å². The van der Waals surface area contributed by atoms with Gasteiger partial charge in [-0.2, -0.15) is 0 Å². The number of aryl methyl sites for hydroxylation is 1. The van der Waals surface area contributed by atoms with E-state index in [1.165, 1.54) is 4.88 Å². The lowest BCUT2D eigenvalue weighted by Gasteiger charge is -2.33. The second-order valence-electron chi connectivity index (χ2n) is 6.73. The smallest absolute Gasteiger partial charge is 0.226 e. The van der Waals surface area contributed by atoms with Crippen molar-refractivity contribution in [1.29, 1.82) is 0 Å². The minimum atomic E-state index is 0.0826. The van der Waals surface area contributed by atoms with Crippen LogP contribution in [0.25, 0.3) is 10.6 Å². The highest BCUT2D eigenvalue weighted by Gasteiger charge is 2.31. The quantitative estimate of drug-likeness (QED) is 0.909. The normalized spacial score (nSPS) is 21.5. The van der Waals surface area contributed by atoms with Crippen LogP contribution in [0.4, 0.5) is 0 Å². The number of hydrogen-bond donors (Lipinski definition) is 1. The van der Waals surface area contributed by atoms with Crippen LogP contribution in [0.5, 0.6) is 0 Å². The first kappa shape index (κ1) is 15.7. The molecule has 3 heterocycles. The van der Waals surface area contributed by atoms with Gasteiger partial charge in [0.2, 0.25) is 5.91 Å². The number of nitrogens with two attached hydrogens (primary N) is 1. The van der Waals surface area contributed by atoms with Gasteiger partial charge in [-0.15, -0.1) is 11.3 Å². The highest BCUT2D eigenvalue weighted by atomic mass is 32.1. The van der Waals surface area contributed by atoms with Crippen molar-refractivity contribution in [3.05, 3.63) is 35.1 Å². The Bertz CT molecular complexity index is 722. The summed E-state index contributed by atoms with van der Waals surface area (Å²) in [5, 5.41) is 1.04. The van der Waals surface area contributed by atoms with Crippen molar-refractivity contribution in [3.8, 4) is 10.6 Å². The van der Waals surface area contributed by atoms with E-state index in [9.17, 15) is 4.79 Å². The number of pyridine rings is 1. The van der Waals surface area contributed by atoms with E-state index in [0.29, 0.717) is 5.91 Å². The largest absolute Gasteiger partial charge is 0.342 e. The molecule has 0 spiro atoms. The number of aromatic nitrogens is 2. The van der Waals surface area contributed by atoms with Crippen molar-refractivity contribution >= 4 is 17.2 Å². The molecular formula is C18H22N4OS. The molecule has 1 aliphatic heterocycles. The van der Waals surface area contributed by atoms with Gasteiger partial charge in [-0.1, -0.05) is 0 Å². The summed E-state index contributed by atoms with van der Waals surface area (Å²) in [5.74, 6) is 0.380. The van der Waals surface area contributed by atoms with Gasteiger partial charge in [0.25, 0.3) is 0 Å². The van der Waals surface area contributed by atoms with Crippen LogP contribution in [0.3, 0.4) is 0 Å². The van der Waals surface area contributed by atoms with Crippen molar-refractivity contribution in [2.45, 2.75) is 38.1 Å². The Hall–Kier alpha value is -1.79. The molecule has 1 atom stereocenters. The Morgan fingerprint density at radius 1 is 1.21 bits per heavy atom. The summed E-state index contributed by atoms with van der Waals surface area (Å²) in [6.45, 7) is 1.62. The lowest BCUT2D eigenvalue weighted by atomic mass is 9.89. The maximum Gasteiger partial charge on any atom is 0.226 e. The van der Waals surface area contributed by atoms with E-state index in [4.69, 9.17) is 10.7 Å². The summed E-state index contributed by atoms with van der Waals surface area (Å²) in [6.07, 6.45) is 8.11. The number of piperidine rings is 1. The number of rotatable bonds is 2. The molecule has 0 saturated carbocycles. The maximum absolute atomic E-state index is 12.8. The molecule has 1 fully saturated rings. The van der Waals surface area contributed by atoms with Gasteiger partial charge in [0.15, 0.2) is 0 Å². The number of nitrogens with zero attached hydrogens (tertiary/aromatic N) is 3. The zero-order chi connectivity index (χ0) is 16.5. The maximum atomic E-state index is 12.8. The third-order valence-electron chi connectivity index (χ3n) is 5.07. The number of amides is 1. The molecule has 2 N–H and O–H groups in total. The van der Waals surface area contributed by atoms with Gasteiger partial charge in [-0.25, -0.2) is 4.98 Å². The standard InChI is InChI=1S/C18H22N4OS/c19-14-5-9-22(10-6-14)18(23)13-1-2-16-15(11-13)21-17(24-16)12-3-7-20-8-4-12/h3-4,7-8,13-14H,1-2,5-6,9-11,19H2. The van der Waals surface area contributed by atoms with Crippen LogP contribution in [-0.2, 0) is 17.6 Å². The van der Waals surface area contributed by atoms with Gasteiger partial charge < -0.3 is 10.6 Å². The van der Waals surface area contributed by atoms with Crippen LogP contribution in [0.15, 0.2) is 24.5 Å². The molecule has 5 nitrogen and oxygen atoms in total. The number of carbonyl (C=O) groups excluding carboxylic acids is 1. The first-order chi connectivity index (χ1) is 11.7. The molecular weight excluding hydrogens is 320 g/mol. The van der Waals surface area contributed by atoms with Gasteiger partial charge in [0.05, 0.1) is 5.69 Å². The molecule has 1 aliphatic carbocycles. The van der Waals surface area contributed by atoms with Crippen molar-refractivity contribution < 1.29 is 4.79 Å². The average Bonchev–Trinajstić information content (AvgIpc) is 3.06. The molecule has 1 amide bonds. The first-order valence-electron chi connectivity index (χ1n) is 8.64. The minimum absolute atomic E-state index is 0.0826. The topological polar surface area (TPSA) is 72.1 Å². The summed E-state index contributed by atoms with van der Waals surface area (Å²) in [6, 6.07) is 4.24. The van der Waals surface area contributed by atoms with Crippen LogP contribution < -0.4 is 5.73 Å². The molecule has 1 saturated heterocycles. The molecule has 1 unspecified atom stereocenters. The van der Waals surface area contributed by atoms with E-state index in [1.54, 1.807) is 23.7 Å². The Labute approximate surface area is 145 Å². The zero-order valence-electron chi connectivity index (χ0n) is 13.6. The van der Waals surface area contributed by atoms with Gasteiger partial charge >= 0.3 is 0 Å². The van der Waals surface area contributed by atoms with E-state index in [2.05, 4.69) is 4.98 Å². The van der Waals surface area contributed by atoms with Gasteiger partial charge in [-0.05, 0) is 37.8 Å².